The first-order valence-corrected chi connectivity index (χ1v) is 13.5. The van der Waals surface area contributed by atoms with Crippen molar-refractivity contribution in [3.63, 3.8) is 0 Å². The molecule has 0 saturated carbocycles. The Labute approximate surface area is 211 Å². The summed E-state index contributed by atoms with van der Waals surface area (Å²) in [5.74, 6) is -0.650. The lowest BCUT2D eigenvalue weighted by Crippen LogP contribution is -2.08. The van der Waals surface area contributed by atoms with Crippen LogP contribution in [0.25, 0.3) is 31.6 Å². The van der Waals surface area contributed by atoms with Gasteiger partial charge in [-0.05, 0) is 24.6 Å². The average molecular weight is 589 g/mol. The van der Waals surface area contributed by atoms with Gasteiger partial charge in [0.05, 0.1) is 32.6 Å². The highest BCUT2D eigenvalue weighted by Crippen LogP contribution is 2.53. The Balaban J connectivity index is 2.20. The fourth-order valence-electron chi connectivity index (χ4n) is 3.41. The summed E-state index contributed by atoms with van der Waals surface area (Å²) in [4.78, 5) is 2.85. The molecule has 16 heteroatoms. The molecule has 182 valence electrons. The molecule has 0 aliphatic heterocycles. The van der Waals surface area contributed by atoms with Gasteiger partial charge in [-0.3, -0.25) is 9.11 Å². The highest BCUT2D eigenvalue weighted by molar-refractivity contribution is 7.81. The summed E-state index contributed by atoms with van der Waals surface area (Å²) < 4.78 is 80.9. The number of ether oxygens (including phenoxy) is 1. The monoisotopic (exact) mass is 587 g/mol. The molecule has 34 heavy (non-hydrogen) atoms. The van der Waals surface area contributed by atoms with Crippen LogP contribution in [0.2, 0.25) is 15.1 Å². The third-order valence-corrected chi connectivity index (χ3v) is 7.69. The van der Waals surface area contributed by atoms with Crippen LogP contribution in [0.5, 0.6) is 17.2 Å². The van der Waals surface area contributed by atoms with E-state index in [4.69, 9.17) is 47.9 Å². The molecular weight excluding hydrogens is 577 g/mol. The molecule has 3 N–H and O–H groups in total. The Bertz CT molecular complexity index is 1690. The second-order valence-corrected chi connectivity index (χ2v) is 11.1. The maximum Gasteiger partial charge on any atom is 0.446 e. The van der Waals surface area contributed by atoms with E-state index in [0.29, 0.717) is 10.3 Å². The molecule has 4 rings (SSSR count). The highest BCUT2D eigenvalue weighted by Gasteiger charge is 2.30. The Morgan fingerprint density at radius 1 is 0.941 bits per heavy atom. The SMILES string of the molecule is COc1cc(Cl)c(C)c2c(OS(=O)(=O)O)c(-c3sc4c(Cl)cc(Cl)cc4c3OS(=O)(=O)O)[nH]c12. The maximum absolute atomic E-state index is 11.7. The van der Waals surface area contributed by atoms with Crippen LogP contribution in [0.4, 0.5) is 0 Å². The summed E-state index contributed by atoms with van der Waals surface area (Å²) in [6, 6.07) is 4.21. The van der Waals surface area contributed by atoms with Gasteiger partial charge >= 0.3 is 20.8 Å². The van der Waals surface area contributed by atoms with Gasteiger partial charge in [0.15, 0.2) is 11.5 Å². The van der Waals surface area contributed by atoms with Crippen molar-refractivity contribution in [3.05, 3.63) is 38.8 Å². The first-order chi connectivity index (χ1) is 15.7. The molecule has 0 spiro atoms. The van der Waals surface area contributed by atoms with Crippen LogP contribution in [-0.2, 0) is 20.8 Å². The summed E-state index contributed by atoms with van der Waals surface area (Å²) in [5, 5.41) is 0.682. The number of halogens is 3. The summed E-state index contributed by atoms with van der Waals surface area (Å²) in [7, 11) is -8.77. The Hall–Kier alpha value is -1.97. The normalized spacial score (nSPS) is 12.4. The van der Waals surface area contributed by atoms with Crippen molar-refractivity contribution in [2.24, 2.45) is 0 Å². The third kappa shape index (κ3) is 4.62. The van der Waals surface area contributed by atoms with Gasteiger partial charge in [0, 0.05) is 21.5 Å². The quantitative estimate of drug-likeness (QED) is 0.241. The number of thiophene rings is 1. The molecule has 0 fully saturated rings. The lowest BCUT2D eigenvalue weighted by molar-refractivity contribution is 0.385. The summed E-state index contributed by atoms with van der Waals surface area (Å²) in [5.41, 5.74) is 0.443. The van der Waals surface area contributed by atoms with Crippen LogP contribution < -0.4 is 13.1 Å². The molecule has 0 bridgehead atoms. The molecule has 0 aliphatic rings. The number of rotatable bonds is 6. The van der Waals surface area contributed by atoms with Gasteiger partial charge in [-0.15, -0.1) is 11.3 Å². The first-order valence-electron chi connectivity index (χ1n) is 8.84. The van der Waals surface area contributed by atoms with E-state index >= 15 is 0 Å². The number of hydrogen-bond donors (Lipinski definition) is 3. The zero-order chi connectivity index (χ0) is 25.2. The van der Waals surface area contributed by atoms with Crippen molar-refractivity contribution in [1.82, 2.24) is 4.98 Å². The maximum atomic E-state index is 11.7. The minimum absolute atomic E-state index is 0.0517. The van der Waals surface area contributed by atoms with E-state index in [2.05, 4.69) is 4.98 Å². The third-order valence-electron chi connectivity index (χ3n) is 4.68. The van der Waals surface area contributed by atoms with Gasteiger partial charge in [-0.25, -0.2) is 0 Å². The van der Waals surface area contributed by atoms with Crippen molar-refractivity contribution in [3.8, 4) is 27.8 Å². The topological polar surface area (TPSA) is 152 Å². The standard InChI is InChI=1S/C18H12Cl3NO9S3/c1-6-9(20)5-11(29-2)13-12(6)16(31-34(26,27)28)14(22-13)18-15(30-33(23,24)25)8-3-7(19)4-10(21)17(8)32-18/h3-5,22H,1-2H3,(H,23,24,25)(H,26,27,28). The van der Waals surface area contributed by atoms with E-state index < -0.39 is 32.3 Å². The van der Waals surface area contributed by atoms with Crippen LogP contribution >= 0.6 is 46.1 Å². The predicted octanol–water partition coefficient (Wildman–Crippen LogP) is 5.69. The molecule has 2 heterocycles. The van der Waals surface area contributed by atoms with Crippen LogP contribution in [0.3, 0.4) is 0 Å². The second kappa shape index (κ2) is 8.60. The molecule has 0 atom stereocenters. The van der Waals surface area contributed by atoms with Crippen LogP contribution in [-0.4, -0.2) is 38.0 Å². The number of benzene rings is 2. The number of methoxy groups -OCH3 is 1. The van der Waals surface area contributed by atoms with Crippen LogP contribution in [0, 0.1) is 6.92 Å². The van der Waals surface area contributed by atoms with Gasteiger partial charge in [0.2, 0.25) is 0 Å². The van der Waals surface area contributed by atoms with Crippen molar-refractivity contribution in [1.29, 1.82) is 0 Å². The zero-order valence-electron chi connectivity index (χ0n) is 16.8. The van der Waals surface area contributed by atoms with Gasteiger partial charge in [0.25, 0.3) is 0 Å². The second-order valence-electron chi connectivity index (χ2n) is 6.81. The summed E-state index contributed by atoms with van der Waals surface area (Å²) >= 11 is 19.5. The van der Waals surface area contributed by atoms with Crippen LogP contribution in [0.1, 0.15) is 5.56 Å². The number of aromatic amines is 1. The molecule has 4 aromatic rings. The van der Waals surface area contributed by atoms with E-state index in [1.165, 1.54) is 25.3 Å². The Morgan fingerprint density at radius 3 is 2.15 bits per heavy atom. The molecule has 0 amide bonds. The highest BCUT2D eigenvalue weighted by atomic mass is 35.5. The van der Waals surface area contributed by atoms with Crippen molar-refractivity contribution < 1.29 is 39.0 Å². The molecule has 0 aliphatic carbocycles. The molecule has 10 nitrogen and oxygen atoms in total. The Morgan fingerprint density at radius 2 is 1.56 bits per heavy atom. The van der Waals surface area contributed by atoms with E-state index in [1.807, 2.05) is 0 Å². The summed E-state index contributed by atoms with van der Waals surface area (Å²) in [6.07, 6.45) is 0. The number of hydrogen-bond acceptors (Lipinski definition) is 8. The zero-order valence-corrected chi connectivity index (χ0v) is 21.6. The molecular formula is C18H12Cl3NO9S3. The number of aromatic nitrogens is 1. The van der Waals surface area contributed by atoms with E-state index in [-0.39, 0.29) is 47.7 Å². The first kappa shape index (κ1) is 25.1. The lowest BCUT2D eigenvalue weighted by atomic mass is 10.1. The van der Waals surface area contributed by atoms with Crippen molar-refractivity contribution >= 4 is 87.9 Å². The largest absolute Gasteiger partial charge is 0.494 e. The Kier molecular flexibility index (Phi) is 6.36. The van der Waals surface area contributed by atoms with E-state index in [0.717, 1.165) is 11.3 Å². The fraction of sp³-hybridized carbons (Fsp3) is 0.111. The van der Waals surface area contributed by atoms with Gasteiger partial charge in [0.1, 0.15) is 11.4 Å². The average Bonchev–Trinajstić information content (AvgIpc) is 3.21. The van der Waals surface area contributed by atoms with E-state index in [1.54, 1.807) is 6.92 Å². The lowest BCUT2D eigenvalue weighted by Gasteiger charge is -2.08. The van der Waals surface area contributed by atoms with E-state index in [9.17, 15) is 25.9 Å². The van der Waals surface area contributed by atoms with Gasteiger partial charge in [-0.1, -0.05) is 34.8 Å². The predicted molar refractivity (Wildman–Crippen MR) is 130 cm³/mol. The number of H-pyrrole nitrogens is 1. The molecule has 0 unspecified atom stereocenters. The molecule has 2 aromatic carbocycles. The number of aryl methyl sites for hydroxylation is 1. The minimum Gasteiger partial charge on any atom is -0.494 e. The van der Waals surface area contributed by atoms with Crippen LogP contribution in [0.15, 0.2) is 18.2 Å². The molecule has 2 aromatic heterocycles. The smallest absolute Gasteiger partial charge is 0.446 e. The van der Waals surface area contributed by atoms with Crippen molar-refractivity contribution in [2.75, 3.05) is 7.11 Å². The number of fused-ring (bicyclic) bond motifs is 2. The van der Waals surface area contributed by atoms with Gasteiger partial charge < -0.3 is 18.1 Å². The fourth-order valence-corrected chi connectivity index (χ4v) is 6.13. The van der Waals surface area contributed by atoms with Gasteiger partial charge in [-0.2, -0.15) is 16.8 Å². The number of nitrogens with one attached hydrogen (secondary N) is 1. The molecule has 0 radical (unpaired) electrons. The summed E-state index contributed by atoms with van der Waals surface area (Å²) in [6.45, 7) is 1.57. The minimum atomic E-state index is -5.07. The van der Waals surface area contributed by atoms with Crippen molar-refractivity contribution in [2.45, 2.75) is 6.92 Å². The molecule has 0 saturated heterocycles.